The second-order valence-electron chi connectivity index (χ2n) is 5.14. The number of hydrogen-bond donors (Lipinski definition) is 3. The largest absolute Gasteiger partial charge is 0.396 e. The average Bonchev–Trinajstić information content (AvgIpc) is 2.23. The molecular formula is C12H18FN3O3S. The zero-order valence-corrected chi connectivity index (χ0v) is 12.6. The van der Waals surface area contributed by atoms with Crippen molar-refractivity contribution in [2.45, 2.75) is 38.1 Å². The van der Waals surface area contributed by atoms with Gasteiger partial charge < -0.3 is 11.5 Å². The molecule has 0 aliphatic carbocycles. The number of rotatable bonds is 4. The van der Waals surface area contributed by atoms with Crippen molar-refractivity contribution >= 4 is 21.6 Å². The number of anilines is 1. The quantitative estimate of drug-likeness (QED) is 0.705. The van der Waals surface area contributed by atoms with Gasteiger partial charge in [-0.2, -0.15) is 4.72 Å². The van der Waals surface area contributed by atoms with Crippen molar-refractivity contribution in [3.63, 3.8) is 0 Å². The van der Waals surface area contributed by atoms with E-state index in [1.807, 2.05) is 0 Å². The molecule has 5 N–H and O–H groups in total. The first kappa shape index (κ1) is 16.4. The van der Waals surface area contributed by atoms with E-state index in [-0.39, 0.29) is 21.7 Å². The second kappa shape index (κ2) is 5.02. The molecule has 0 bridgehead atoms. The number of nitrogens with two attached hydrogens (primary N) is 2. The van der Waals surface area contributed by atoms with Crippen LogP contribution in [0.25, 0.3) is 0 Å². The molecule has 0 saturated carbocycles. The topological polar surface area (TPSA) is 115 Å². The van der Waals surface area contributed by atoms with Crippen LogP contribution in [0, 0.1) is 19.7 Å². The highest BCUT2D eigenvalue weighted by molar-refractivity contribution is 7.89. The number of sulfonamides is 1. The van der Waals surface area contributed by atoms with Gasteiger partial charge in [0.2, 0.25) is 15.9 Å². The van der Waals surface area contributed by atoms with E-state index in [2.05, 4.69) is 4.72 Å². The van der Waals surface area contributed by atoms with Crippen LogP contribution in [0.4, 0.5) is 10.1 Å². The van der Waals surface area contributed by atoms with E-state index in [1.54, 1.807) is 0 Å². The van der Waals surface area contributed by atoms with Gasteiger partial charge in [-0.05, 0) is 44.9 Å². The van der Waals surface area contributed by atoms with Gasteiger partial charge in [0.1, 0.15) is 11.4 Å². The van der Waals surface area contributed by atoms with Crippen molar-refractivity contribution < 1.29 is 17.6 Å². The molecule has 0 atom stereocenters. The van der Waals surface area contributed by atoms with E-state index >= 15 is 0 Å². The van der Waals surface area contributed by atoms with E-state index in [9.17, 15) is 17.6 Å². The summed E-state index contributed by atoms with van der Waals surface area (Å²) in [6, 6.07) is 1.04. The third kappa shape index (κ3) is 2.91. The van der Waals surface area contributed by atoms with Gasteiger partial charge in [-0.25, -0.2) is 12.8 Å². The number of carbonyl (C=O) groups excluding carboxylic acids is 1. The third-order valence-electron chi connectivity index (χ3n) is 2.98. The predicted molar refractivity (Wildman–Crippen MR) is 73.9 cm³/mol. The summed E-state index contributed by atoms with van der Waals surface area (Å²) < 4.78 is 40.4. The van der Waals surface area contributed by atoms with E-state index in [0.29, 0.717) is 0 Å². The summed E-state index contributed by atoms with van der Waals surface area (Å²) in [4.78, 5) is 11.1. The van der Waals surface area contributed by atoms with E-state index in [4.69, 9.17) is 11.5 Å². The minimum atomic E-state index is -4.06. The molecule has 1 amide bonds. The summed E-state index contributed by atoms with van der Waals surface area (Å²) in [5, 5.41) is 0. The lowest BCUT2D eigenvalue weighted by atomic mass is 10.1. The fourth-order valence-corrected chi connectivity index (χ4v) is 3.65. The molecule has 0 saturated heterocycles. The number of primary amides is 1. The Labute approximate surface area is 117 Å². The number of aryl methyl sites for hydroxylation is 1. The van der Waals surface area contributed by atoms with Crippen molar-refractivity contribution in [1.29, 1.82) is 0 Å². The Hall–Kier alpha value is -1.67. The summed E-state index contributed by atoms with van der Waals surface area (Å²) >= 11 is 0. The molecule has 0 spiro atoms. The Bertz CT molecular complexity index is 669. The number of amides is 1. The van der Waals surface area contributed by atoms with Crippen molar-refractivity contribution in [1.82, 2.24) is 4.72 Å². The molecule has 6 nitrogen and oxygen atoms in total. The molecule has 0 aliphatic heterocycles. The van der Waals surface area contributed by atoms with Crippen LogP contribution in [-0.2, 0) is 14.8 Å². The average molecular weight is 303 g/mol. The number of halogens is 1. The molecule has 0 fully saturated rings. The standard InChI is InChI=1S/C12H18FN3O3S/c1-6-5-8(13)9(14)7(2)10(6)20(18,19)16-12(3,4)11(15)17/h5,16H,14H2,1-4H3,(H2,15,17). The monoisotopic (exact) mass is 303 g/mol. The Morgan fingerprint density at radius 2 is 1.85 bits per heavy atom. The number of benzene rings is 1. The summed E-state index contributed by atoms with van der Waals surface area (Å²) in [6.45, 7) is 5.52. The van der Waals surface area contributed by atoms with Crippen LogP contribution in [0.1, 0.15) is 25.0 Å². The summed E-state index contributed by atoms with van der Waals surface area (Å²) in [5.74, 6) is -1.51. The molecule has 1 aromatic carbocycles. The molecule has 0 unspecified atom stereocenters. The maximum Gasteiger partial charge on any atom is 0.242 e. The van der Waals surface area contributed by atoms with Crippen molar-refractivity contribution in [2.75, 3.05) is 5.73 Å². The SMILES string of the molecule is Cc1cc(F)c(N)c(C)c1S(=O)(=O)NC(C)(C)C(N)=O. The summed E-state index contributed by atoms with van der Waals surface area (Å²) in [7, 11) is -4.06. The predicted octanol–water partition coefficient (Wildman–Crippen LogP) is 0.567. The van der Waals surface area contributed by atoms with Crippen LogP contribution in [-0.4, -0.2) is 19.9 Å². The molecule has 0 heterocycles. The van der Waals surface area contributed by atoms with Crippen molar-refractivity contribution in [2.24, 2.45) is 5.73 Å². The van der Waals surface area contributed by atoms with Crippen LogP contribution in [0.2, 0.25) is 0 Å². The summed E-state index contributed by atoms with van der Waals surface area (Å²) in [5.41, 5.74) is 9.22. The highest BCUT2D eigenvalue weighted by Crippen LogP contribution is 2.28. The first-order chi connectivity index (χ1) is 8.90. The highest BCUT2D eigenvalue weighted by Gasteiger charge is 2.33. The van der Waals surface area contributed by atoms with Crippen LogP contribution in [0.3, 0.4) is 0 Å². The first-order valence-electron chi connectivity index (χ1n) is 5.79. The smallest absolute Gasteiger partial charge is 0.242 e. The zero-order valence-electron chi connectivity index (χ0n) is 11.7. The Kier molecular flexibility index (Phi) is 4.12. The second-order valence-corrected chi connectivity index (χ2v) is 6.76. The van der Waals surface area contributed by atoms with E-state index < -0.39 is 27.3 Å². The molecule has 0 radical (unpaired) electrons. The van der Waals surface area contributed by atoms with Crippen molar-refractivity contribution in [3.05, 3.63) is 23.0 Å². The molecule has 0 aliphatic rings. The van der Waals surface area contributed by atoms with Crippen molar-refractivity contribution in [3.8, 4) is 0 Å². The zero-order chi connectivity index (χ0) is 15.9. The van der Waals surface area contributed by atoms with Gasteiger partial charge in [-0.3, -0.25) is 4.79 Å². The Morgan fingerprint density at radius 3 is 2.30 bits per heavy atom. The number of nitrogens with one attached hydrogen (secondary N) is 1. The first-order valence-corrected chi connectivity index (χ1v) is 7.27. The van der Waals surface area contributed by atoms with Gasteiger partial charge in [0, 0.05) is 0 Å². The summed E-state index contributed by atoms with van der Waals surface area (Å²) in [6.07, 6.45) is 0. The van der Waals surface area contributed by atoms with Gasteiger partial charge in [-0.15, -0.1) is 0 Å². The Balaban J connectivity index is 3.46. The molecule has 1 aromatic rings. The molecule has 112 valence electrons. The van der Waals surface area contributed by atoms with Gasteiger partial charge in [0.05, 0.1) is 10.6 Å². The number of nitrogen functional groups attached to an aromatic ring is 1. The lowest BCUT2D eigenvalue weighted by Crippen LogP contribution is -2.53. The van der Waals surface area contributed by atoms with Gasteiger partial charge in [0.25, 0.3) is 0 Å². The number of carbonyl (C=O) groups is 1. The maximum atomic E-state index is 13.5. The van der Waals surface area contributed by atoms with Crippen LogP contribution >= 0.6 is 0 Å². The number of hydrogen-bond acceptors (Lipinski definition) is 4. The van der Waals surface area contributed by atoms with E-state index in [1.165, 1.54) is 27.7 Å². The van der Waals surface area contributed by atoms with Crippen LogP contribution < -0.4 is 16.2 Å². The molecule has 8 heteroatoms. The normalized spacial score (nSPS) is 12.4. The van der Waals surface area contributed by atoms with Gasteiger partial charge in [0.15, 0.2) is 0 Å². The molecule has 20 heavy (non-hydrogen) atoms. The molecule has 1 rings (SSSR count). The lowest BCUT2D eigenvalue weighted by molar-refractivity contribution is -0.122. The van der Waals surface area contributed by atoms with Crippen LogP contribution in [0.5, 0.6) is 0 Å². The van der Waals surface area contributed by atoms with Gasteiger partial charge in [-0.1, -0.05) is 0 Å². The molecule has 0 aromatic heterocycles. The van der Waals surface area contributed by atoms with E-state index in [0.717, 1.165) is 6.07 Å². The minimum Gasteiger partial charge on any atom is -0.396 e. The van der Waals surface area contributed by atoms with Gasteiger partial charge >= 0.3 is 0 Å². The highest BCUT2D eigenvalue weighted by atomic mass is 32.2. The Morgan fingerprint density at radius 1 is 1.35 bits per heavy atom. The third-order valence-corrected chi connectivity index (χ3v) is 4.92. The lowest BCUT2D eigenvalue weighted by Gasteiger charge is -2.23. The molecular weight excluding hydrogens is 285 g/mol. The van der Waals surface area contributed by atoms with Crippen LogP contribution in [0.15, 0.2) is 11.0 Å². The fourth-order valence-electron chi connectivity index (χ4n) is 1.78. The maximum absolute atomic E-state index is 13.5. The fraction of sp³-hybridized carbons (Fsp3) is 0.417. The minimum absolute atomic E-state index is 0.0928.